The molecule has 2 nitrogen and oxygen atoms in total. The zero-order chi connectivity index (χ0) is 24.7. The van der Waals surface area contributed by atoms with Gasteiger partial charge in [0.05, 0.1) is 0 Å². The molecular formula is C35H34N2. The lowest BCUT2D eigenvalue weighted by Gasteiger charge is -2.20. The second kappa shape index (κ2) is 11.9. The van der Waals surface area contributed by atoms with Crippen LogP contribution in [0, 0.1) is 0 Å². The molecule has 0 atom stereocenters. The Hall–Kier alpha value is -4.56. The largest absolute Gasteiger partial charge is 0.345 e. The van der Waals surface area contributed by atoms with Crippen LogP contribution in [0.25, 0.3) is 21.5 Å². The molecule has 6 aromatic rings. The van der Waals surface area contributed by atoms with Crippen LogP contribution in [0.15, 0.2) is 146 Å². The molecule has 0 bridgehead atoms. The van der Waals surface area contributed by atoms with Crippen molar-refractivity contribution in [1.29, 1.82) is 0 Å². The standard InChI is InChI=1S/C21H17N.C13H13N.CH4/c1-22(20-12-10-16-6-2-4-8-18(16)14-20)21-13-11-17-7-3-5-9-19(17)15-21;1-14(12-8-4-2-5-9-12)13-10-6-3-7-11-13;/h2-15H,1H3;2-11H,1H3;1H4. The molecule has 0 saturated carbocycles. The third-order valence-corrected chi connectivity index (χ3v) is 6.53. The van der Waals surface area contributed by atoms with Gasteiger partial charge in [0, 0.05) is 36.8 Å². The maximum Gasteiger partial charge on any atom is 0.0414 e. The number of hydrogen-bond donors (Lipinski definition) is 0. The van der Waals surface area contributed by atoms with Gasteiger partial charge in [0.15, 0.2) is 0 Å². The second-order valence-electron chi connectivity index (χ2n) is 8.85. The summed E-state index contributed by atoms with van der Waals surface area (Å²) in [7, 11) is 4.19. The van der Waals surface area contributed by atoms with Crippen LogP contribution in [-0.4, -0.2) is 14.1 Å². The Bertz CT molecular complexity index is 1440. The minimum atomic E-state index is 0. The van der Waals surface area contributed by atoms with Gasteiger partial charge < -0.3 is 9.80 Å². The van der Waals surface area contributed by atoms with E-state index in [0.29, 0.717) is 0 Å². The number of anilines is 4. The number of rotatable bonds is 4. The number of para-hydroxylation sites is 2. The Morgan fingerprint density at radius 3 is 1.05 bits per heavy atom. The van der Waals surface area contributed by atoms with Gasteiger partial charge >= 0.3 is 0 Å². The highest BCUT2D eigenvalue weighted by Gasteiger charge is 2.06. The lowest BCUT2D eigenvalue weighted by molar-refractivity contribution is 1.21. The van der Waals surface area contributed by atoms with Gasteiger partial charge in [-0.05, 0) is 70.1 Å². The fourth-order valence-corrected chi connectivity index (χ4v) is 4.37. The Kier molecular flexibility index (Phi) is 8.22. The van der Waals surface area contributed by atoms with Crippen LogP contribution in [0.5, 0.6) is 0 Å². The molecule has 0 spiro atoms. The summed E-state index contributed by atoms with van der Waals surface area (Å²) in [5.74, 6) is 0. The topological polar surface area (TPSA) is 6.48 Å². The van der Waals surface area contributed by atoms with Crippen LogP contribution in [0.3, 0.4) is 0 Å². The van der Waals surface area contributed by atoms with Gasteiger partial charge in [-0.1, -0.05) is 104 Å². The molecule has 0 unspecified atom stereocenters. The van der Waals surface area contributed by atoms with Crippen molar-refractivity contribution in [2.75, 3.05) is 23.9 Å². The van der Waals surface area contributed by atoms with Crippen molar-refractivity contribution in [3.8, 4) is 0 Å². The zero-order valence-corrected chi connectivity index (χ0v) is 20.8. The first-order valence-electron chi connectivity index (χ1n) is 12.2. The van der Waals surface area contributed by atoms with Gasteiger partial charge in [-0.15, -0.1) is 0 Å². The van der Waals surface area contributed by atoms with Gasteiger partial charge in [-0.3, -0.25) is 0 Å². The molecular weight excluding hydrogens is 448 g/mol. The van der Waals surface area contributed by atoms with Crippen LogP contribution in [-0.2, 0) is 0 Å². The first-order valence-corrected chi connectivity index (χ1v) is 12.2. The summed E-state index contributed by atoms with van der Waals surface area (Å²) in [6.07, 6.45) is 0. The van der Waals surface area contributed by atoms with E-state index in [1.165, 1.54) is 44.3 Å². The van der Waals surface area contributed by atoms with E-state index in [4.69, 9.17) is 0 Å². The summed E-state index contributed by atoms with van der Waals surface area (Å²) in [6.45, 7) is 0. The molecule has 0 saturated heterocycles. The van der Waals surface area contributed by atoms with Crippen molar-refractivity contribution < 1.29 is 0 Å². The second-order valence-corrected chi connectivity index (χ2v) is 8.85. The summed E-state index contributed by atoms with van der Waals surface area (Å²) in [6, 6.07) is 50.8. The minimum absolute atomic E-state index is 0. The molecule has 0 aliphatic carbocycles. The van der Waals surface area contributed by atoms with Crippen molar-refractivity contribution >= 4 is 44.3 Å². The Balaban J connectivity index is 0.000000186. The predicted molar refractivity (Wildman–Crippen MR) is 164 cm³/mol. The molecule has 37 heavy (non-hydrogen) atoms. The van der Waals surface area contributed by atoms with Gasteiger partial charge in [-0.2, -0.15) is 0 Å². The normalized spacial score (nSPS) is 10.2. The Labute approximate surface area is 221 Å². The van der Waals surface area contributed by atoms with E-state index < -0.39 is 0 Å². The fourth-order valence-electron chi connectivity index (χ4n) is 4.37. The van der Waals surface area contributed by atoms with Crippen LogP contribution in [0.4, 0.5) is 22.7 Å². The Morgan fingerprint density at radius 2 is 0.649 bits per heavy atom. The van der Waals surface area contributed by atoms with Crippen LogP contribution < -0.4 is 9.80 Å². The van der Waals surface area contributed by atoms with Crippen molar-refractivity contribution in [2.45, 2.75) is 7.43 Å². The molecule has 0 amide bonds. The fraction of sp³-hybridized carbons (Fsp3) is 0.0857. The van der Waals surface area contributed by atoms with Crippen LogP contribution in [0.1, 0.15) is 7.43 Å². The number of hydrogen-bond acceptors (Lipinski definition) is 2. The first-order chi connectivity index (χ1) is 17.7. The predicted octanol–water partition coefficient (Wildman–Crippen LogP) is 9.85. The highest BCUT2D eigenvalue weighted by atomic mass is 15.1. The number of fused-ring (bicyclic) bond motifs is 2. The van der Waals surface area contributed by atoms with Crippen molar-refractivity contribution in [3.05, 3.63) is 146 Å². The van der Waals surface area contributed by atoms with E-state index in [-0.39, 0.29) is 7.43 Å². The summed E-state index contributed by atoms with van der Waals surface area (Å²) in [5.41, 5.74) is 4.82. The molecule has 6 rings (SSSR count). The van der Waals surface area contributed by atoms with E-state index in [9.17, 15) is 0 Å². The molecule has 0 radical (unpaired) electrons. The molecule has 0 aromatic heterocycles. The molecule has 6 aromatic carbocycles. The number of benzene rings is 6. The summed E-state index contributed by atoms with van der Waals surface area (Å²) < 4.78 is 0. The molecule has 0 N–H and O–H groups in total. The SMILES string of the molecule is C.CN(c1ccc2ccccc2c1)c1ccc2ccccc2c1.CN(c1ccccc1)c1ccccc1. The first kappa shape index (κ1) is 25.5. The number of nitrogens with zero attached hydrogens (tertiary/aromatic N) is 2. The van der Waals surface area contributed by atoms with Gasteiger partial charge in [-0.25, -0.2) is 0 Å². The van der Waals surface area contributed by atoms with Crippen LogP contribution in [0.2, 0.25) is 0 Å². The smallest absolute Gasteiger partial charge is 0.0414 e. The maximum absolute atomic E-state index is 2.24. The quantitative estimate of drug-likeness (QED) is 0.247. The van der Waals surface area contributed by atoms with E-state index in [1.807, 2.05) is 12.1 Å². The van der Waals surface area contributed by atoms with E-state index in [2.05, 4.69) is 157 Å². The van der Waals surface area contributed by atoms with Gasteiger partial charge in [0.2, 0.25) is 0 Å². The maximum atomic E-state index is 2.24. The molecule has 0 aliphatic rings. The highest BCUT2D eigenvalue weighted by molar-refractivity contribution is 5.89. The molecule has 0 aliphatic heterocycles. The third-order valence-electron chi connectivity index (χ3n) is 6.53. The molecule has 0 fully saturated rings. The molecule has 2 heteroatoms. The minimum Gasteiger partial charge on any atom is -0.345 e. The van der Waals surface area contributed by atoms with Crippen molar-refractivity contribution in [3.63, 3.8) is 0 Å². The molecule has 184 valence electrons. The van der Waals surface area contributed by atoms with Crippen molar-refractivity contribution in [2.24, 2.45) is 0 Å². The average molecular weight is 483 g/mol. The average Bonchev–Trinajstić information content (AvgIpc) is 2.97. The third kappa shape index (κ3) is 5.99. The van der Waals surface area contributed by atoms with Gasteiger partial charge in [0.25, 0.3) is 0 Å². The van der Waals surface area contributed by atoms with Gasteiger partial charge in [0.1, 0.15) is 0 Å². The lowest BCUT2D eigenvalue weighted by atomic mass is 10.1. The summed E-state index contributed by atoms with van der Waals surface area (Å²) in [4.78, 5) is 4.40. The van der Waals surface area contributed by atoms with E-state index in [0.717, 1.165) is 0 Å². The zero-order valence-electron chi connectivity index (χ0n) is 20.8. The van der Waals surface area contributed by atoms with E-state index >= 15 is 0 Å². The monoisotopic (exact) mass is 482 g/mol. The lowest BCUT2D eigenvalue weighted by Crippen LogP contribution is -2.09. The van der Waals surface area contributed by atoms with E-state index in [1.54, 1.807) is 0 Å². The summed E-state index contributed by atoms with van der Waals surface area (Å²) >= 11 is 0. The Morgan fingerprint density at radius 1 is 0.324 bits per heavy atom. The molecule has 0 heterocycles. The van der Waals surface area contributed by atoms with Crippen LogP contribution >= 0.6 is 0 Å². The van der Waals surface area contributed by atoms with Crippen molar-refractivity contribution in [1.82, 2.24) is 0 Å². The highest BCUT2D eigenvalue weighted by Crippen LogP contribution is 2.29. The summed E-state index contributed by atoms with van der Waals surface area (Å²) in [5, 5.41) is 5.09.